The molecule has 0 aliphatic rings. The summed E-state index contributed by atoms with van der Waals surface area (Å²) in [4.78, 5) is 21.5. The van der Waals surface area contributed by atoms with Crippen LogP contribution in [0.15, 0.2) is 54.6 Å². The van der Waals surface area contributed by atoms with E-state index in [0.717, 1.165) is 12.8 Å². The van der Waals surface area contributed by atoms with Crippen LogP contribution in [0.3, 0.4) is 0 Å². The lowest BCUT2D eigenvalue weighted by atomic mass is 10.0. The standard InChI is InChI=1S/C22H22FN3O/c1-15-20(22(27)24-13-7-10-17-8-4-3-5-9-17)21(26-16(2)25-15)18-11-6-12-19(23)14-18/h3-6,8-9,11-12,14H,7,10,13H2,1-2H3,(H,24,27). The van der Waals surface area contributed by atoms with Gasteiger partial charge in [0, 0.05) is 12.1 Å². The topological polar surface area (TPSA) is 54.9 Å². The first-order chi connectivity index (χ1) is 13.0. The van der Waals surface area contributed by atoms with Crippen LogP contribution >= 0.6 is 0 Å². The Bertz CT molecular complexity index is 942. The molecule has 3 rings (SSSR count). The first-order valence-corrected chi connectivity index (χ1v) is 8.98. The molecule has 0 fully saturated rings. The largest absolute Gasteiger partial charge is 0.352 e. The Hall–Kier alpha value is -3.08. The molecular formula is C22H22FN3O. The third kappa shape index (κ3) is 4.76. The average molecular weight is 363 g/mol. The Kier molecular flexibility index (Phi) is 5.91. The molecule has 0 spiro atoms. The lowest BCUT2D eigenvalue weighted by molar-refractivity contribution is 0.0952. The molecule has 4 nitrogen and oxygen atoms in total. The molecule has 0 saturated heterocycles. The summed E-state index contributed by atoms with van der Waals surface area (Å²) < 4.78 is 13.7. The Morgan fingerprint density at radius 2 is 1.81 bits per heavy atom. The maximum Gasteiger partial charge on any atom is 0.255 e. The molecular weight excluding hydrogens is 341 g/mol. The van der Waals surface area contributed by atoms with Gasteiger partial charge < -0.3 is 5.32 Å². The number of nitrogens with one attached hydrogen (secondary N) is 1. The van der Waals surface area contributed by atoms with Crippen molar-refractivity contribution in [1.82, 2.24) is 15.3 Å². The van der Waals surface area contributed by atoms with E-state index >= 15 is 0 Å². The number of rotatable bonds is 6. The van der Waals surface area contributed by atoms with Crippen molar-refractivity contribution in [2.24, 2.45) is 0 Å². The van der Waals surface area contributed by atoms with E-state index in [1.165, 1.54) is 17.7 Å². The van der Waals surface area contributed by atoms with Gasteiger partial charge in [0.1, 0.15) is 11.6 Å². The fourth-order valence-corrected chi connectivity index (χ4v) is 3.06. The zero-order chi connectivity index (χ0) is 19.2. The fraction of sp³-hybridized carbons (Fsp3) is 0.227. The first kappa shape index (κ1) is 18.7. The van der Waals surface area contributed by atoms with Crippen LogP contribution in [0, 0.1) is 19.7 Å². The predicted molar refractivity (Wildman–Crippen MR) is 104 cm³/mol. The molecule has 1 amide bonds. The molecule has 138 valence electrons. The molecule has 5 heteroatoms. The number of hydrogen-bond donors (Lipinski definition) is 1. The molecule has 0 bridgehead atoms. The second-order valence-electron chi connectivity index (χ2n) is 6.44. The van der Waals surface area contributed by atoms with Gasteiger partial charge in [-0.05, 0) is 44.4 Å². The van der Waals surface area contributed by atoms with E-state index in [9.17, 15) is 9.18 Å². The van der Waals surface area contributed by atoms with Gasteiger partial charge in [0.05, 0.1) is 17.0 Å². The summed E-state index contributed by atoms with van der Waals surface area (Å²) in [5.74, 6) is -0.0529. The first-order valence-electron chi connectivity index (χ1n) is 8.98. The van der Waals surface area contributed by atoms with Gasteiger partial charge in [-0.1, -0.05) is 42.5 Å². The second-order valence-corrected chi connectivity index (χ2v) is 6.44. The average Bonchev–Trinajstić information content (AvgIpc) is 2.65. The van der Waals surface area contributed by atoms with Crippen molar-refractivity contribution in [3.05, 3.63) is 83.1 Å². The quantitative estimate of drug-likeness (QED) is 0.666. The van der Waals surface area contributed by atoms with E-state index < -0.39 is 0 Å². The Morgan fingerprint density at radius 1 is 1.04 bits per heavy atom. The van der Waals surface area contributed by atoms with Crippen molar-refractivity contribution in [2.75, 3.05) is 6.54 Å². The zero-order valence-corrected chi connectivity index (χ0v) is 15.5. The Labute approximate surface area is 158 Å². The smallest absolute Gasteiger partial charge is 0.255 e. The molecule has 0 saturated carbocycles. The van der Waals surface area contributed by atoms with E-state index in [1.807, 2.05) is 18.2 Å². The van der Waals surface area contributed by atoms with Gasteiger partial charge in [-0.25, -0.2) is 14.4 Å². The summed E-state index contributed by atoms with van der Waals surface area (Å²) in [6.07, 6.45) is 1.72. The number of halogens is 1. The van der Waals surface area contributed by atoms with Crippen LogP contribution in [-0.2, 0) is 6.42 Å². The fourth-order valence-electron chi connectivity index (χ4n) is 3.06. The molecule has 2 aromatic carbocycles. The van der Waals surface area contributed by atoms with Crippen molar-refractivity contribution in [2.45, 2.75) is 26.7 Å². The number of carbonyl (C=O) groups excluding carboxylic acids is 1. The summed E-state index contributed by atoms with van der Waals surface area (Å²) in [5, 5.41) is 2.94. The van der Waals surface area contributed by atoms with Crippen LogP contribution in [0.25, 0.3) is 11.3 Å². The molecule has 0 radical (unpaired) electrons. The van der Waals surface area contributed by atoms with Gasteiger partial charge in [-0.3, -0.25) is 4.79 Å². The number of nitrogens with zero attached hydrogens (tertiary/aromatic N) is 2. The van der Waals surface area contributed by atoms with Gasteiger partial charge >= 0.3 is 0 Å². The number of hydrogen-bond acceptors (Lipinski definition) is 3. The molecule has 0 aliphatic carbocycles. The lowest BCUT2D eigenvalue weighted by Gasteiger charge is -2.13. The van der Waals surface area contributed by atoms with Crippen molar-refractivity contribution in [1.29, 1.82) is 0 Å². The van der Waals surface area contributed by atoms with E-state index in [4.69, 9.17) is 0 Å². The summed E-state index contributed by atoms with van der Waals surface area (Å²) >= 11 is 0. The third-order valence-electron chi connectivity index (χ3n) is 4.30. The van der Waals surface area contributed by atoms with Crippen LogP contribution in [0.2, 0.25) is 0 Å². The van der Waals surface area contributed by atoms with Gasteiger partial charge in [-0.15, -0.1) is 0 Å². The van der Waals surface area contributed by atoms with Gasteiger partial charge in [0.2, 0.25) is 0 Å². The molecule has 3 aromatic rings. The van der Waals surface area contributed by atoms with Crippen LogP contribution in [0.5, 0.6) is 0 Å². The van der Waals surface area contributed by atoms with Gasteiger partial charge in [0.15, 0.2) is 0 Å². The van der Waals surface area contributed by atoms with Crippen LogP contribution < -0.4 is 5.32 Å². The zero-order valence-electron chi connectivity index (χ0n) is 15.5. The molecule has 0 unspecified atom stereocenters. The van der Waals surface area contributed by atoms with E-state index in [1.54, 1.807) is 26.0 Å². The Balaban J connectivity index is 1.76. The molecule has 0 atom stereocenters. The second kappa shape index (κ2) is 8.54. The van der Waals surface area contributed by atoms with E-state index in [2.05, 4.69) is 27.4 Å². The molecule has 1 N–H and O–H groups in total. The predicted octanol–water partition coefficient (Wildman–Crippen LogP) is 4.26. The minimum absolute atomic E-state index is 0.236. The lowest BCUT2D eigenvalue weighted by Crippen LogP contribution is -2.27. The minimum Gasteiger partial charge on any atom is -0.352 e. The molecule has 0 aliphatic heterocycles. The highest BCUT2D eigenvalue weighted by molar-refractivity contribution is 6.00. The number of aromatic nitrogens is 2. The highest BCUT2D eigenvalue weighted by Crippen LogP contribution is 2.24. The number of aryl methyl sites for hydroxylation is 3. The third-order valence-corrected chi connectivity index (χ3v) is 4.30. The maximum atomic E-state index is 13.7. The summed E-state index contributed by atoms with van der Waals surface area (Å²) in [6.45, 7) is 4.08. The highest BCUT2D eigenvalue weighted by atomic mass is 19.1. The van der Waals surface area contributed by atoms with E-state index in [-0.39, 0.29) is 11.7 Å². The SMILES string of the molecule is Cc1nc(C)c(C(=O)NCCCc2ccccc2)c(-c2cccc(F)c2)n1. The van der Waals surface area contributed by atoms with E-state index in [0.29, 0.717) is 34.9 Å². The normalized spacial score (nSPS) is 10.6. The van der Waals surface area contributed by atoms with Crippen LogP contribution in [0.4, 0.5) is 4.39 Å². The van der Waals surface area contributed by atoms with Gasteiger partial charge in [-0.2, -0.15) is 0 Å². The summed E-state index contributed by atoms with van der Waals surface area (Å²) in [7, 11) is 0. The summed E-state index contributed by atoms with van der Waals surface area (Å²) in [5.41, 5.74) is 3.24. The minimum atomic E-state index is -0.365. The maximum absolute atomic E-state index is 13.7. The Morgan fingerprint density at radius 3 is 2.56 bits per heavy atom. The van der Waals surface area contributed by atoms with Gasteiger partial charge in [0.25, 0.3) is 5.91 Å². The monoisotopic (exact) mass is 363 g/mol. The number of carbonyl (C=O) groups is 1. The van der Waals surface area contributed by atoms with Crippen molar-refractivity contribution in [3.8, 4) is 11.3 Å². The van der Waals surface area contributed by atoms with Crippen molar-refractivity contribution in [3.63, 3.8) is 0 Å². The van der Waals surface area contributed by atoms with Crippen LogP contribution in [-0.4, -0.2) is 22.4 Å². The highest BCUT2D eigenvalue weighted by Gasteiger charge is 2.19. The molecule has 27 heavy (non-hydrogen) atoms. The molecule has 1 heterocycles. The number of benzene rings is 2. The van der Waals surface area contributed by atoms with Crippen molar-refractivity contribution >= 4 is 5.91 Å². The summed E-state index contributed by atoms with van der Waals surface area (Å²) in [6, 6.07) is 16.2. The van der Waals surface area contributed by atoms with Crippen LogP contribution in [0.1, 0.15) is 33.9 Å². The molecule has 1 aromatic heterocycles. The van der Waals surface area contributed by atoms with Crippen molar-refractivity contribution < 1.29 is 9.18 Å². The number of amides is 1.